The SMILES string of the molecule is CCCCCc1cc2c(c(O)c1C(O)O)C=CC(C)(CCC=C(C)C)O2. The monoisotopic (exact) mass is 360 g/mol. The lowest BCUT2D eigenvalue weighted by molar-refractivity contribution is -0.0446. The normalized spacial score (nSPS) is 18.6. The average Bonchev–Trinajstić information content (AvgIpc) is 2.54. The second-order valence-corrected chi connectivity index (χ2v) is 7.61. The Morgan fingerprint density at radius 2 is 2.00 bits per heavy atom. The molecule has 3 N–H and O–H groups in total. The first-order chi connectivity index (χ1) is 12.3. The number of allylic oxidation sites excluding steroid dienone is 2. The second kappa shape index (κ2) is 8.74. The van der Waals surface area contributed by atoms with Gasteiger partial charge in [-0.3, -0.25) is 0 Å². The minimum absolute atomic E-state index is 0.0911. The topological polar surface area (TPSA) is 69.9 Å². The number of aryl methyl sites for hydroxylation is 1. The Hall–Kier alpha value is -1.78. The summed E-state index contributed by atoms with van der Waals surface area (Å²) in [5, 5.41) is 30.1. The predicted octanol–water partition coefficient (Wildman–Crippen LogP) is 5.02. The summed E-state index contributed by atoms with van der Waals surface area (Å²) in [7, 11) is 0. The zero-order valence-corrected chi connectivity index (χ0v) is 16.4. The van der Waals surface area contributed by atoms with Gasteiger partial charge in [-0.05, 0) is 70.2 Å². The molecule has 1 unspecified atom stereocenters. The number of rotatable bonds is 8. The standard InChI is InChI=1S/C22H32O4/c1-5-6-7-10-16-14-18-17(20(23)19(16)21(24)25)11-13-22(4,26-18)12-8-9-15(2)3/h9,11,13-14,21,23-25H,5-8,10,12H2,1-4H3. The van der Waals surface area contributed by atoms with Gasteiger partial charge in [-0.15, -0.1) is 0 Å². The van der Waals surface area contributed by atoms with Gasteiger partial charge in [-0.1, -0.05) is 31.4 Å². The van der Waals surface area contributed by atoms with E-state index >= 15 is 0 Å². The van der Waals surface area contributed by atoms with Crippen molar-refractivity contribution in [2.24, 2.45) is 0 Å². The van der Waals surface area contributed by atoms with Crippen LogP contribution in [0.15, 0.2) is 23.8 Å². The molecule has 0 aromatic heterocycles. The summed E-state index contributed by atoms with van der Waals surface area (Å²) >= 11 is 0. The first-order valence-corrected chi connectivity index (χ1v) is 9.54. The molecule has 1 aliphatic heterocycles. The summed E-state index contributed by atoms with van der Waals surface area (Å²) in [4.78, 5) is 0. The fourth-order valence-electron chi connectivity index (χ4n) is 3.36. The molecule has 2 rings (SSSR count). The van der Waals surface area contributed by atoms with Crippen LogP contribution in [0.1, 0.15) is 82.8 Å². The third kappa shape index (κ3) is 4.89. The lowest BCUT2D eigenvalue weighted by atomic mass is 9.91. The maximum Gasteiger partial charge on any atom is 0.182 e. The molecule has 0 bridgehead atoms. The third-order valence-electron chi connectivity index (χ3n) is 4.87. The maximum absolute atomic E-state index is 10.6. The van der Waals surface area contributed by atoms with Gasteiger partial charge >= 0.3 is 0 Å². The number of benzene rings is 1. The van der Waals surface area contributed by atoms with Crippen molar-refractivity contribution in [1.29, 1.82) is 0 Å². The average molecular weight is 360 g/mol. The number of aliphatic hydroxyl groups is 2. The molecule has 0 aliphatic carbocycles. The van der Waals surface area contributed by atoms with Crippen molar-refractivity contribution >= 4 is 6.08 Å². The molecule has 1 aliphatic rings. The van der Waals surface area contributed by atoms with Crippen LogP contribution < -0.4 is 4.74 Å². The lowest BCUT2D eigenvalue weighted by Crippen LogP contribution is -2.32. The van der Waals surface area contributed by atoms with Crippen LogP contribution in [0.4, 0.5) is 0 Å². The van der Waals surface area contributed by atoms with E-state index in [9.17, 15) is 15.3 Å². The highest BCUT2D eigenvalue weighted by Crippen LogP contribution is 2.43. The van der Waals surface area contributed by atoms with Crippen molar-refractivity contribution < 1.29 is 20.1 Å². The van der Waals surface area contributed by atoms with Crippen LogP contribution >= 0.6 is 0 Å². The van der Waals surface area contributed by atoms with Crippen molar-refractivity contribution in [1.82, 2.24) is 0 Å². The summed E-state index contributed by atoms with van der Waals surface area (Å²) in [5.74, 6) is 0.521. The van der Waals surface area contributed by atoms with Gasteiger partial charge in [0.05, 0.1) is 11.1 Å². The van der Waals surface area contributed by atoms with E-state index in [2.05, 4.69) is 26.8 Å². The summed E-state index contributed by atoms with van der Waals surface area (Å²) < 4.78 is 6.22. The largest absolute Gasteiger partial charge is 0.507 e. The van der Waals surface area contributed by atoms with Gasteiger partial charge in [0.25, 0.3) is 0 Å². The first kappa shape index (κ1) is 20.5. The van der Waals surface area contributed by atoms with E-state index in [1.54, 1.807) is 0 Å². The maximum atomic E-state index is 10.6. The van der Waals surface area contributed by atoms with E-state index in [0.717, 1.165) is 37.7 Å². The van der Waals surface area contributed by atoms with Gasteiger partial charge in [-0.2, -0.15) is 0 Å². The number of aliphatic hydroxyl groups excluding tert-OH is 1. The summed E-state index contributed by atoms with van der Waals surface area (Å²) in [6.45, 7) is 8.32. The number of unbranched alkanes of at least 4 members (excludes halogenated alkanes) is 2. The van der Waals surface area contributed by atoms with Crippen molar-refractivity contribution in [3.8, 4) is 11.5 Å². The number of hydrogen-bond donors (Lipinski definition) is 3. The van der Waals surface area contributed by atoms with Crippen molar-refractivity contribution in [3.63, 3.8) is 0 Å². The van der Waals surface area contributed by atoms with E-state index in [-0.39, 0.29) is 11.3 Å². The summed E-state index contributed by atoms with van der Waals surface area (Å²) in [5.41, 5.74) is 2.30. The molecule has 0 saturated heterocycles. The van der Waals surface area contributed by atoms with Gasteiger partial charge in [0, 0.05) is 0 Å². The number of phenolic OH excluding ortho intramolecular Hbond substituents is 1. The minimum atomic E-state index is -1.70. The number of phenols is 1. The lowest BCUT2D eigenvalue weighted by Gasteiger charge is -2.33. The van der Waals surface area contributed by atoms with Crippen LogP contribution in [0.2, 0.25) is 0 Å². The number of aromatic hydroxyl groups is 1. The molecule has 26 heavy (non-hydrogen) atoms. The minimum Gasteiger partial charge on any atom is -0.507 e. The molecule has 1 aromatic carbocycles. The Morgan fingerprint density at radius 1 is 1.27 bits per heavy atom. The fourth-order valence-corrected chi connectivity index (χ4v) is 3.36. The van der Waals surface area contributed by atoms with Gasteiger partial charge in [-0.25, -0.2) is 0 Å². The predicted molar refractivity (Wildman–Crippen MR) is 105 cm³/mol. The zero-order chi connectivity index (χ0) is 19.3. The Bertz CT molecular complexity index is 684. The molecule has 0 radical (unpaired) electrons. The van der Waals surface area contributed by atoms with E-state index < -0.39 is 11.9 Å². The molecule has 144 valence electrons. The molecule has 4 nitrogen and oxygen atoms in total. The Morgan fingerprint density at radius 3 is 2.62 bits per heavy atom. The smallest absolute Gasteiger partial charge is 0.182 e. The highest BCUT2D eigenvalue weighted by Gasteiger charge is 2.30. The molecule has 0 amide bonds. The Labute approximate surface area is 156 Å². The van der Waals surface area contributed by atoms with Gasteiger partial charge in [0.15, 0.2) is 6.29 Å². The Kier molecular flexibility index (Phi) is 6.90. The number of fused-ring (bicyclic) bond motifs is 1. The zero-order valence-electron chi connectivity index (χ0n) is 16.4. The van der Waals surface area contributed by atoms with E-state index in [4.69, 9.17) is 4.74 Å². The van der Waals surface area contributed by atoms with Crippen LogP contribution in [-0.2, 0) is 6.42 Å². The molecular formula is C22H32O4. The summed E-state index contributed by atoms with van der Waals surface area (Å²) in [6, 6.07) is 1.86. The molecule has 1 atom stereocenters. The van der Waals surface area contributed by atoms with Crippen LogP contribution in [0.5, 0.6) is 11.5 Å². The van der Waals surface area contributed by atoms with Crippen molar-refractivity contribution in [2.45, 2.75) is 78.1 Å². The van der Waals surface area contributed by atoms with Gasteiger partial charge in [0.1, 0.15) is 17.1 Å². The van der Waals surface area contributed by atoms with Crippen LogP contribution in [-0.4, -0.2) is 20.9 Å². The molecule has 1 aromatic rings. The Balaban J connectivity index is 2.32. The van der Waals surface area contributed by atoms with E-state index in [1.807, 2.05) is 25.1 Å². The molecule has 1 heterocycles. The van der Waals surface area contributed by atoms with E-state index in [0.29, 0.717) is 17.7 Å². The van der Waals surface area contributed by atoms with Crippen molar-refractivity contribution in [2.75, 3.05) is 0 Å². The molecule has 0 fully saturated rings. The highest BCUT2D eigenvalue weighted by atomic mass is 16.5. The van der Waals surface area contributed by atoms with Crippen LogP contribution in [0.25, 0.3) is 6.08 Å². The number of hydrogen-bond acceptors (Lipinski definition) is 4. The fraction of sp³-hybridized carbons (Fsp3) is 0.545. The second-order valence-electron chi connectivity index (χ2n) is 7.61. The molecule has 4 heteroatoms. The molecule has 0 saturated carbocycles. The van der Waals surface area contributed by atoms with E-state index in [1.165, 1.54) is 5.57 Å². The van der Waals surface area contributed by atoms with Crippen molar-refractivity contribution in [3.05, 3.63) is 40.5 Å². The number of ether oxygens (including phenoxy) is 1. The van der Waals surface area contributed by atoms with Gasteiger partial charge < -0.3 is 20.1 Å². The quantitative estimate of drug-likeness (QED) is 0.346. The third-order valence-corrected chi connectivity index (χ3v) is 4.87. The van der Waals surface area contributed by atoms with Gasteiger partial charge in [0.2, 0.25) is 0 Å². The summed E-state index contributed by atoms with van der Waals surface area (Å²) in [6.07, 6.45) is 9.77. The van der Waals surface area contributed by atoms with Crippen LogP contribution in [0.3, 0.4) is 0 Å². The molecule has 0 spiro atoms. The molecular weight excluding hydrogens is 328 g/mol. The first-order valence-electron chi connectivity index (χ1n) is 9.54. The highest BCUT2D eigenvalue weighted by molar-refractivity contribution is 5.70. The van der Waals surface area contributed by atoms with Crippen LogP contribution in [0, 0.1) is 0 Å².